The molecule has 1 fully saturated rings. The molecule has 1 heterocycles. The third kappa shape index (κ3) is 3.40. The second-order valence-corrected chi connectivity index (χ2v) is 5.02. The summed E-state index contributed by atoms with van der Waals surface area (Å²) in [6, 6.07) is 5.10. The summed E-state index contributed by atoms with van der Waals surface area (Å²) in [7, 11) is 3.04. The lowest BCUT2D eigenvalue weighted by molar-refractivity contribution is -0.128. The first-order valence-corrected chi connectivity index (χ1v) is 7.14. The number of hydrogen-bond donors (Lipinski definition) is 1. The van der Waals surface area contributed by atoms with E-state index in [4.69, 9.17) is 21.7 Å². The lowest BCUT2D eigenvalue weighted by Gasteiger charge is -2.27. The van der Waals surface area contributed by atoms with Crippen LogP contribution in [0.5, 0.6) is 11.5 Å². The molecule has 1 aromatic carbocycles. The summed E-state index contributed by atoms with van der Waals surface area (Å²) in [5, 5.41) is 2.57. The van der Waals surface area contributed by atoms with Crippen LogP contribution in [0.15, 0.2) is 36.4 Å². The summed E-state index contributed by atoms with van der Waals surface area (Å²) in [5.41, 5.74) is 0.625. The Morgan fingerprint density at radius 2 is 1.96 bits per heavy atom. The highest BCUT2D eigenvalue weighted by Crippen LogP contribution is 2.28. The highest BCUT2D eigenvalue weighted by molar-refractivity contribution is 7.80. The van der Waals surface area contributed by atoms with Gasteiger partial charge in [0.2, 0.25) is 0 Å². The quantitative estimate of drug-likeness (QED) is 0.383. The van der Waals surface area contributed by atoms with Gasteiger partial charge < -0.3 is 9.47 Å². The van der Waals surface area contributed by atoms with E-state index in [0.29, 0.717) is 17.1 Å². The topological polar surface area (TPSA) is 67.9 Å². The van der Waals surface area contributed by atoms with Gasteiger partial charge >= 0.3 is 0 Å². The molecule has 2 rings (SSSR count). The number of nitrogens with one attached hydrogen (secondary N) is 1. The standard InChI is InChI=1S/C16H16N2O4S/c1-4-7-18-15(20)11(14(19)17-16(18)23)8-10-5-6-12(21-2)13(9-10)22-3/h4-6,8-9H,1,7H2,2-3H3,(H,17,19,23)/b11-8-. The molecular formula is C16H16N2O4S. The molecule has 7 heteroatoms. The van der Waals surface area contributed by atoms with Crippen molar-refractivity contribution >= 4 is 35.2 Å². The molecule has 23 heavy (non-hydrogen) atoms. The second kappa shape index (κ2) is 7.06. The van der Waals surface area contributed by atoms with Crippen LogP contribution < -0.4 is 14.8 Å². The number of benzene rings is 1. The molecule has 0 spiro atoms. The van der Waals surface area contributed by atoms with Crippen LogP contribution in [0.4, 0.5) is 0 Å². The highest BCUT2D eigenvalue weighted by Gasteiger charge is 2.32. The summed E-state index contributed by atoms with van der Waals surface area (Å²) in [6.07, 6.45) is 3.02. The molecule has 2 amide bonds. The number of nitrogens with zero attached hydrogens (tertiary/aromatic N) is 1. The first-order valence-electron chi connectivity index (χ1n) is 6.73. The Labute approximate surface area is 139 Å². The molecule has 6 nitrogen and oxygen atoms in total. The van der Waals surface area contributed by atoms with Crippen LogP contribution in [-0.2, 0) is 9.59 Å². The zero-order valence-corrected chi connectivity index (χ0v) is 13.6. The van der Waals surface area contributed by atoms with Crippen LogP contribution in [0.2, 0.25) is 0 Å². The van der Waals surface area contributed by atoms with Gasteiger partial charge in [0.05, 0.1) is 14.2 Å². The third-order valence-corrected chi connectivity index (χ3v) is 3.54. The number of amides is 2. The summed E-state index contributed by atoms with van der Waals surface area (Å²) in [6.45, 7) is 3.80. The number of hydrogen-bond acceptors (Lipinski definition) is 5. The van der Waals surface area contributed by atoms with Gasteiger partial charge in [0.15, 0.2) is 16.6 Å². The van der Waals surface area contributed by atoms with Gasteiger partial charge in [-0.25, -0.2) is 0 Å². The van der Waals surface area contributed by atoms with Gasteiger partial charge in [-0.05, 0) is 36.0 Å². The van der Waals surface area contributed by atoms with Crippen molar-refractivity contribution in [1.82, 2.24) is 10.2 Å². The fourth-order valence-corrected chi connectivity index (χ4v) is 2.35. The molecule has 0 saturated carbocycles. The highest BCUT2D eigenvalue weighted by atomic mass is 32.1. The van der Waals surface area contributed by atoms with Crippen LogP contribution in [0.25, 0.3) is 6.08 Å². The van der Waals surface area contributed by atoms with E-state index in [-0.39, 0.29) is 17.2 Å². The van der Waals surface area contributed by atoms with Gasteiger partial charge in [0.25, 0.3) is 11.8 Å². The van der Waals surface area contributed by atoms with E-state index in [1.54, 1.807) is 18.2 Å². The van der Waals surface area contributed by atoms with Crippen molar-refractivity contribution in [3.63, 3.8) is 0 Å². The van der Waals surface area contributed by atoms with E-state index in [1.807, 2.05) is 0 Å². The zero-order valence-electron chi connectivity index (χ0n) is 12.8. The van der Waals surface area contributed by atoms with Crippen molar-refractivity contribution in [3.8, 4) is 11.5 Å². The van der Waals surface area contributed by atoms with Crippen LogP contribution in [0.1, 0.15) is 5.56 Å². The van der Waals surface area contributed by atoms with Gasteiger partial charge in [-0.3, -0.25) is 19.8 Å². The number of ether oxygens (including phenoxy) is 2. The van der Waals surface area contributed by atoms with E-state index in [9.17, 15) is 9.59 Å². The molecule has 1 saturated heterocycles. The minimum absolute atomic E-state index is 0.00679. The van der Waals surface area contributed by atoms with E-state index >= 15 is 0 Å². The van der Waals surface area contributed by atoms with Crippen LogP contribution in [0.3, 0.4) is 0 Å². The first kappa shape index (κ1) is 16.7. The monoisotopic (exact) mass is 332 g/mol. The summed E-state index contributed by atoms with van der Waals surface area (Å²) in [5.74, 6) is 0.0658. The molecule has 120 valence electrons. The van der Waals surface area contributed by atoms with E-state index < -0.39 is 11.8 Å². The van der Waals surface area contributed by atoms with Crippen LogP contribution in [-0.4, -0.2) is 42.6 Å². The van der Waals surface area contributed by atoms with Crippen molar-refractivity contribution in [2.45, 2.75) is 0 Å². The summed E-state index contributed by atoms with van der Waals surface area (Å²) in [4.78, 5) is 25.7. The average molecular weight is 332 g/mol. The van der Waals surface area contributed by atoms with Crippen LogP contribution >= 0.6 is 12.2 Å². The second-order valence-electron chi connectivity index (χ2n) is 4.64. The van der Waals surface area contributed by atoms with E-state index in [2.05, 4.69) is 11.9 Å². The lowest BCUT2D eigenvalue weighted by Crippen LogP contribution is -2.53. The Hall–Kier alpha value is -2.67. The molecule has 0 unspecified atom stereocenters. The molecule has 0 radical (unpaired) electrons. The third-order valence-electron chi connectivity index (χ3n) is 3.22. The molecule has 1 aliphatic heterocycles. The van der Waals surface area contributed by atoms with E-state index in [1.165, 1.54) is 31.3 Å². The van der Waals surface area contributed by atoms with Gasteiger partial charge in [-0.1, -0.05) is 12.1 Å². The number of carbonyl (C=O) groups is 2. The maximum atomic E-state index is 12.4. The maximum absolute atomic E-state index is 12.4. The van der Waals surface area contributed by atoms with E-state index in [0.717, 1.165) is 0 Å². The molecule has 1 N–H and O–H groups in total. The number of methoxy groups -OCH3 is 2. The minimum atomic E-state index is -0.532. The Bertz CT molecular complexity index is 712. The predicted octanol–water partition coefficient (Wildman–Crippen LogP) is 1.52. The number of thiocarbonyl (C=S) groups is 1. The van der Waals surface area contributed by atoms with Crippen LogP contribution in [0, 0.1) is 0 Å². The van der Waals surface area contributed by atoms with Gasteiger partial charge in [-0.15, -0.1) is 6.58 Å². The fourth-order valence-electron chi connectivity index (χ4n) is 2.10. The minimum Gasteiger partial charge on any atom is -0.493 e. The normalized spacial score (nSPS) is 16.3. The van der Waals surface area contributed by atoms with Gasteiger partial charge in [0.1, 0.15) is 5.57 Å². The Morgan fingerprint density at radius 3 is 2.57 bits per heavy atom. The Morgan fingerprint density at radius 1 is 1.26 bits per heavy atom. The molecular weight excluding hydrogens is 316 g/mol. The molecule has 0 atom stereocenters. The molecule has 1 aromatic rings. The largest absolute Gasteiger partial charge is 0.493 e. The van der Waals surface area contributed by atoms with Gasteiger partial charge in [-0.2, -0.15) is 0 Å². The molecule has 1 aliphatic rings. The smallest absolute Gasteiger partial charge is 0.265 e. The summed E-state index contributed by atoms with van der Waals surface area (Å²) < 4.78 is 10.4. The maximum Gasteiger partial charge on any atom is 0.265 e. The predicted molar refractivity (Wildman–Crippen MR) is 90.2 cm³/mol. The molecule has 0 aromatic heterocycles. The SMILES string of the molecule is C=CCN1C(=O)/C(=C\c2ccc(OC)c(OC)c2)C(=O)NC1=S. The summed E-state index contributed by atoms with van der Waals surface area (Å²) >= 11 is 5.00. The Balaban J connectivity index is 2.40. The number of carbonyl (C=O) groups excluding carboxylic acids is 2. The zero-order chi connectivity index (χ0) is 17.0. The van der Waals surface area contributed by atoms with Crippen molar-refractivity contribution < 1.29 is 19.1 Å². The van der Waals surface area contributed by atoms with Crippen molar-refractivity contribution in [3.05, 3.63) is 42.0 Å². The lowest BCUT2D eigenvalue weighted by atomic mass is 10.1. The Kier molecular flexibility index (Phi) is 5.13. The molecule has 0 bridgehead atoms. The van der Waals surface area contributed by atoms with Crippen molar-refractivity contribution in [2.24, 2.45) is 0 Å². The average Bonchev–Trinajstić information content (AvgIpc) is 2.55. The van der Waals surface area contributed by atoms with Gasteiger partial charge in [0, 0.05) is 6.54 Å². The first-order chi connectivity index (χ1) is 11.0. The number of rotatable bonds is 5. The molecule has 0 aliphatic carbocycles. The van der Waals surface area contributed by atoms with Crippen molar-refractivity contribution in [2.75, 3.05) is 20.8 Å². The fraction of sp³-hybridized carbons (Fsp3) is 0.188. The van der Waals surface area contributed by atoms with Crippen molar-refractivity contribution in [1.29, 1.82) is 0 Å².